The van der Waals surface area contributed by atoms with Crippen LogP contribution in [0.1, 0.15) is 0 Å². The van der Waals surface area contributed by atoms with Crippen LogP contribution in [-0.4, -0.2) is 9.55 Å². The Labute approximate surface area is 141 Å². The van der Waals surface area contributed by atoms with Crippen LogP contribution in [0.3, 0.4) is 0 Å². The molecule has 0 unspecified atom stereocenters. The van der Waals surface area contributed by atoms with E-state index < -0.39 is 0 Å². The molecule has 0 aliphatic carbocycles. The van der Waals surface area contributed by atoms with Crippen LogP contribution in [0.4, 0.5) is 0 Å². The van der Waals surface area contributed by atoms with Crippen molar-refractivity contribution >= 4 is 53.4 Å². The van der Waals surface area contributed by atoms with Gasteiger partial charge >= 0.3 is 0 Å². The summed E-state index contributed by atoms with van der Waals surface area (Å²) in [5, 5.41) is 3.71. The molecule has 0 radical (unpaired) electrons. The predicted molar refractivity (Wildman–Crippen MR) is 103 cm³/mol. The van der Waals surface area contributed by atoms with Gasteiger partial charge in [0, 0.05) is 17.0 Å². The lowest BCUT2D eigenvalue weighted by Gasteiger charge is -2.22. The first kappa shape index (κ1) is 12.5. The zero-order valence-electron chi connectivity index (χ0n) is 12.7. The Bertz CT molecular complexity index is 1360. The number of pyridine rings is 2. The second-order valence-corrected chi connectivity index (χ2v) is 7.18. The topological polar surface area (TPSA) is 17.8 Å². The van der Waals surface area contributed by atoms with Gasteiger partial charge in [0.25, 0.3) is 0 Å². The van der Waals surface area contributed by atoms with E-state index in [1.807, 2.05) is 17.5 Å². The zero-order valence-corrected chi connectivity index (χ0v) is 13.5. The van der Waals surface area contributed by atoms with Crippen LogP contribution >= 0.6 is 11.3 Å². The molecule has 24 heavy (non-hydrogen) atoms. The number of rotatable bonds is 0. The monoisotopic (exact) mass is 324 g/mol. The maximum atomic E-state index is 4.73. The van der Waals surface area contributed by atoms with Crippen molar-refractivity contribution in [3.05, 3.63) is 72.9 Å². The molecule has 0 spiro atoms. The van der Waals surface area contributed by atoms with Gasteiger partial charge in [-0.2, -0.15) is 0 Å². The van der Waals surface area contributed by atoms with Gasteiger partial charge < -0.3 is 4.57 Å². The Hall–Kier alpha value is -2.91. The van der Waals surface area contributed by atoms with Crippen molar-refractivity contribution in [3.8, 4) is 5.69 Å². The quantitative estimate of drug-likeness (QED) is 0.248. The third kappa shape index (κ3) is 1.43. The number of hydrogen-bond donors (Lipinski definition) is 0. The smallest absolute Gasteiger partial charge is 0.0823 e. The maximum absolute atomic E-state index is 4.73. The number of para-hydroxylation sites is 2. The highest BCUT2D eigenvalue weighted by Gasteiger charge is 2.19. The van der Waals surface area contributed by atoms with E-state index in [1.54, 1.807) is 0 Å². The highest BCUT2D eigenvalue weighted by molar-refractivity contribution is 7.24. The molecule has 3 heterocycles. The molecule has 0 amide bonds. The molecule has 0 fully saturated rings. The van der Waals surface area contributed by atoms with Gasteiger partial charge in [-0.05, 0) is 35.7 Å². The molecular formula is C21H12N2S. The van der Waals surface area contributed by atoms with Gasteiger partial charge in [0.2, 0.25) is 0 Å². The average molecular weight is 324 g/mol. The predicted octanol–water partition coefficient (Wildman–Crippen LogP) is 5.98. The summed E-state index contributed by atoms with van der Waals surface area (Å²) in [6.45, 7) is 0. The first-order chi connectivity index (χ1) is 11.9. The number of nitrogens with zero attached hydrogens (tertiary/aromatic N) is 2. The van der Waals surface area contributed by atoms with Gasteiger partial charge in [-0.3, -0.25) is 4.98 Å². The van der Waals surface area contributed by atoms with Gasteiger partial charge in [-0.15, -0.1) is 11.3 Å². The van der Waals surface area contributed by atoms with Crippen molar-refractivity contribution < 1.29 is 0 Å². The molecule has 2 nitrogen and oxygen atoms in total. The standard InChI is InChI=1S/C21H12N2S/c1-2-6-15-14(5-1)20-19-13(11-12-22-20)9-10-18-21(19)23(15)16-7-3-4-8-17(16)24-18/h1-12H. The minimum absolute atomic E-state index is 1.09. The van der Waals surface area contributed by atoms with Gasteiger partial charge in [0.05, 0.1) is 31.6 Å². The lowest BCUT2D eigenvalue weighted by Crippen LogP contribution is -2.04. The summed E-state index contributed by atoms with van der Waals surface area (Å²) in [6.07, 6.45) is 1.92. The largest absolute Gasteiger partial charge is 0.306 e. The van der Waals surface area contributed by atoms with Crippen molar-refractivity contribution in [1.29, 1.82) is 0 Å². The van der Waals surface area contributed by atoms with Gasteiger partial charge in [-0.1, -0.05) is 36.4 Å². The van der Waals surface area contributed by atoms with E-state index in [4.69, 9.17) is 4.98 Å². The SMILES string of the molecule is c1ccc2c(c1)sc1ccc3ccnc4c5ccccc5n2-c1c34. The van der Waals surface area contributed by atoms with Crippen LogP contribution in [0.15, 0.2) is 72.9 Å². The van der Waals surface area contributed by atoms with Crippen LogP contribution in [-0.2, 0) is 0 Å². The Kier molecular flexibility index (Phi) is 2.26. The van der Waals surface area contributed by atoms with Crippen molar-refractivity contribution in [2.45, 2.75) is 0 Å². The van der Waals surface area contributed by atoms with E-state index in [1.165, 1.54) is 42.3 Å². The fourth-order valence-corrected chi connectivity index (χ4v) is 4.90. The normalized spacial score (nSPS) is 12.2. The van der Waals surface area contributed by atoms with Crippen molar-refractivity contribution in [3.63, 3.8) is 0 Å². The molecule has 2 aliphatic heterocycles. The van der Waals surface area contributed by atoms with E-state index in [0.717, 1.165) is 5.52 Å². The summed E-state index contributed by atoms with van der Waals surface area (Å²) in [6, 6.07) is 23.8. The van der Waals surface area contributed by atoms with Crippen LogP contribution in [0, 0.1) is 0 Å². The molecule has 3 heteroatoms. The van der Waals surface area contributed by atoms with Crippen LogP contribution < -0.4 is 0 Å². The maximum Gasteiger partial charge on any atom is 0.0823 e. The fourth-order valence-electron chi connectivity index (χ4n) is 3.83. The van der Waals surface area contributed by atoms with Crippen LogP contribution in [0.25, 0.3) is 47.8 Å². The number of hydrogen-bond acceptors (Lipinski definition) is 2. The molecule has 0 bridgehead atoms. The number of benzene rings is 3. The minimum Gasteiger partial charge on any atom is -0.306 e. The Morgan fingerprint density at radius 2 is 1.58 bits per heavy atom. The van der Waals surface area contributed by atoms with Crippen LogP contribution in [0.2, 0.25) is 0 Å². The van der Waals surface area contributed by atoms with Crippen molar-refractivity contribution in [2.75, 3.05) is 0 Å². The molecule has 0 saturated carbocycles. The molecule has 0 atom stereocenters. The first-order valence-electron chi connectivity index (χ1n) is 8.00. The molecule has 1 aromatic heterocycles. The van der Waals surface area contributed by atoms with E-state index in [-0.39, 0.29) is 0 Å². The fraction of sp³-hybridized carbons (Fsp3) is 0. The second kappa shape index (κ2) is 4.34. The molecule has 6 rings (SSSR count). The molecule has 0 saturated heterocycles. The molecule has 3 aromatic carbocycles. The van der Waals surface area contributed by atoms with Crippen LogP contribution in [0.5, 0.6) is 0 Å². The highest BCUT2D eigenvalue weighted by Crippen LogP contribution is 2.42. The molecule has 2 aliphatic rings. The summed E-state index contributed by atoms with van der Waals surface area (Å²) in [4.78, 5) is 4.73. The van der Waals surface area contributed by atoms with Gasteiger partial charge in [-0.25, -0.2) is 0 Å². The highest BCUT2D eigenvalue weighted by atomic mass is 32.1. The summed E-state index contributed by atoms with van der Waals surface area (Å²) in [7, 11) is 0. The lowest BCUT2D eigenvalue weighted by atomic mass is 10.0. The molecule has 4 aromatic rings. The third-order valence-corrected chi connectivity index (χ3v) is 5.93. The summed E-state index contributed by atoms with van der Waals surface area (Å²) < 4.78 is 5.00. The summed E-state index contributed by atoms with van der Waals surface area (Å²) in [5.74, 6) is 0. The van der Waals surface area contributed by atoms with Crippen molar-refractivity contribution in [2.24, 2.45) is 0 Å². The molecular weight excluding hydrogens is 312 g/mol. The Morgan fingerprint density at radius 3 is 2.54 bits per heavy atom. The Morgan fingerprint density at radius 1 is 0.750 bits per heavy atom. The van der Waals surface area contributed by atoms with E-state index in [9.17, 15) is 0 Å². The van der Waals surface area contributed by atoms with E-state index in [2.05, 4.69) is 71.3 Å². The number of aromatic nitrogens is 2. The summed E-state index contributed by atoms with van der Waals surface area (Å²) in [5.41, 5.74) is 4.84. The first-order valence-corrected chi connectivity index (χ1v) is 8.81. The van der Waals surface area contributed by atoms with E-state index in [0.29, 0.717) is 0 Å². The molecule has 112 valence electrons. The molecule has 0 N–H and O–H groups in total. The third-order valence-electron chi connectivity index (χ3n) is 4.82. The minimum atomic E-state index is 1.09. The average Bonchev–Trinajstić information content (AvgIpc) is 2.66. The lowest BCUT2D eigenvalue weighted by molar-refractivity contribution is 1.19. The summed E-state index contributed by atoms with van der Waals surface area (Å²) >= 11 is 1.85. The van der Waals surface area contributed by atoms with Crippen molar-refractivity contribution in [1.82, 2.24) is 9.55 Å². The Balaban J connectivity index is 2.11. The zero-order chi connectivity index (χ0) is 15.7. The number of fused-ring (bicyclic) bond motifs is 5. The van der Waals surface area contributed by atoms with Gasteiger partial charge in [0.15, 0.2) is 0 Å². The van der Waals surface area contributed by atoms with E-state index >= 15 is 0 Å². The second-order valence-electron chi connectivity index (χ2n) is 6.09. The van der Waals surface area contributed by atoms with Gasteiger partial charge in [0.1, 0.15) is 0 Å².